The molecule has 0 spiro atoms. The van der Waals surface area contributed by atoms with E-state index in [1.54, 1.807) is 13.2 Å². The number of nitrogens with one attached hydrogen (secondary N) is 1. The average Bonchev–Trinajstić information content (AvgIpc) is 2.46. The van der Waals surface area contributed by atoms with Crippen LogP contribution < -0.4 is 10.1 Å². The van der Waals surface area contributed by atoms with Gasteiger partial charge in [0, 0.05) is 5.69 Å². The summed E-state index contributed by atoms with van der Waals surface area (Å²) in [6.07, 6.45) is 0. The minimum atomic E-state index is -0.209. The van der Waals surface area contributed by atoms with Gasteiger partial charge in [0.05, 0.1) is 24.8 Å². The molecule has 0 aliphatic carbocycles. The molecular formula is C16H18ClNO2. The van der Waals surface area contributed by atoms with E-state index in [9.17, 15) is 5.11 Å². The summed E-state index contributed by atoms with van der Waals surface area (Å²) in [7, 11) is 1.58. The lowest BCUT2D eigenvalue weighted by molar-refractivity contribution is 0.276. The van der Waals surface area contributed by atoms with Gasteiger partial charge in [0.1, 0.15) is 5.75 Å². The highest BCUT2D eigenvalue weighted by molar-refractivity contribution is 6.32. The first kappa shape index (κ1) is 14.7. The second-order valence-corrected chi connectivity index (χ2v) is 5.00. The van der Waals surface area contributed by atoms with Gasteiger partial charge in [0.2, 0.25) is 0 Å². The summed E-state index contributed by atoms with van der Waals surface area (Å²) in [4.78, 5) is 0. The van der Waals surface area contributed by atoms with Crippen LogP contribution in [0.3, 0.4) is 0 Å². The molecule has 0 aliphatic heterocycles. The van der Waals surface area contributed by atoms with Crippen LogP contribution in [0.25, 0.3) is 0 Å². The Labute approximate surface area is 124 Å². The highest BCUT2D eigenvalue weighted by Crippen LogP contribution is 2.29. The average molecular weight is 292 g/mol. The molecule has 3 nitrogen and oxygen atoms in total. The minimum absolute atomic E-state index is 0.0169. The first-order chi connectivity index (χ1) is 9.65. The third-order valence-corrected chi connectivity index (χ3v) is 3.53. The van der Waals surface area contributed by atoms with Gasteiger partial charge in [0.15, 0.2) is 0 Å². The van der Waals surface area contributed by atoms with Crippen molar-refractivity contribution in [1.29, 1.82) is 0 Å². The van der Waals surface area contributed by atoms with E-state index < -0.39 is 0 Å². The van der Waals surface area contributed by atoms with Crippen LogP contribution >= 0.6 is 11.6 Å². The molecule has 0 aliphatic rings. The maximum absolute atomic E-state index is 9.61. The normalized spacial score (nSPS) is 12.0. The largest absolute Gasteiger partial charge is 0.495 e. The van der Waals surface area contributed by atoms with Crippen LogP contribution in [-0.4, -0.2) is 18.8 Å². The van der Waals surface area contributed by atoms with Crippen molar-refractivity contribution in [3.63, 3.8) is 0 Å². The van der Waals surface area contributed by atoms with E-state index in [2.05, 4.69) is 5.32 Å². The molecule has 0 saturated carbocycles. The molecule has 0 aromatic heterocycles. The molecule has 2 rings (SSSR count). The molecule has 0 heterocycles. The van der Waals surface area contributed by atoms with E-state index in [0.29, 0.717) is 10.8 Å². The van der Waals surface area contributed by atoms with Gasteiger partial charge >= 0.3 is 0 Å². The van der Waals surface area contributed by atoms with Crippen molar-refractivity contribution in [3.05, 3.63) is 58.6 Å². The fraction of sp³-hybridized carbons (Fsp3) is 0.250. The maximum atomic E-state index is 9.61. The van der Waals surface area contributed by atoms with Crippen LogP contribution in [-0.2, 0) is 0 Å². The summed E-state index contributed by atoms with van der Waals surface area (Å²) >= 11 is 6.13. The van der Waals surface area contributed by atoms with Gasteiger partial charge in [-0.3, -0.25) is 0 Å². The second-order valence-electron chi connectivity index (χ2n) is 4.59. The SMILES string of the molecule is COc1ccc(C(CO)Nc2ccccc2C)cc1Cl. The molecule has 0 saturated heterocycles. The predicted molar refractivity (Wildman–Crippen MR) is 82.6 cm³/mol. The third-order valence-electron chi connectivity index (χ3n) is 3.24. The van der Waals surface area contributed by atoms with Crippen LogP contribution in [0.5, 0.6) is 5.75 Å². The number of aliphatic hydroxyl groups is 1. The molecule has 0 fully saturated rings. The van der Waals surface area contributed by atoms with Gasteiger partial charge in [-0.05, 0) is 36.2 Å². The number of halogens is 1. The highest BCUT2D eigenvalue weighted by atomic mass is 35.5. The second kappa shape index (κ2) is 6.64. The first-order valence-electron chi connectivity index (χ1n) is 6.42. The quantitative estimate of drug-likeness (QED) is 0.880. The Kier molecular flexibility index (Phi) is 4.88. The van der Waals surface area contributed by atoms with Gasteiger partial charge in [-0.25, -0.2) is 0 Å². The zero-order valence-corrected chi connectivity index (χ0v) is 12.3. The Hall–Kier alpha value is -1.71. The molecule has 2 N–H and O–H groups in total. The van der Waals surface area contributed by atoms with Crippen LogP contribution in [0.2, 0.25) is 5.02 Å². The molecule has 106 valence electrons. The third kappa shape index (κ3) is 3.24. The Morgan fingerprint density at radius 2 is 2.00 bits per heavy atom. The van der Waals surface area contributed by atoms with E-state index in [0.717, 1.165) is 16.8 Å². The summed E-state index contributed by atoms with van der Waals surface area (Å²) < 4.78 is 5.14. The Bertz CT molecular complexity index is 586. The first-order valence-corrected chi connectivity index (χ1v) is 6.80. The fourth-order valence-corrected chi connectivity index (χ4v) is 2.32. The topological polar surface area (TPSA) is 41.5 Å². The predicted octanol–water partition coefficient (Wildman–Crippen LogP) is 3.80. The van der Waals surface area contributed by atoms with Gasteiger partial charge < -0.3 is 15.2 Å². The highest BCUT2D eigenvalue weighted by Gasteiger charge is 2.13. The molecule has 0 amide bonds. The summed E-state index contributed by atoms with van der Waals surface area (Å²) in [6.45, 7) is 2.01. The fourth-order valence-electron chi connectivity index (χ4n) is 2.06. The number of rotatable bonds is 5. The number of aliphatic hydroxyl groups excluding tert-OH is 1. The summed E-state index contributed by atoms with van der Waals surface area (Å²) in [5.74, 6) is 0.628. The van der Waals surface area contributed by atoms with Crippen molar-refractivity contribution in [2.24, 2.45) is 0 Å². The van der Waals surface area contributed by atoms with Gasteiger partial charge in [-0.1, -0.05) is 35.9 Å². The minimum Gasteiger partial charge on any atom is -0.495 e. The zero-order valence-electron chi connectivity index (χ0n) is 11.6. The van der Waals surface area contributed by atoms with Gasteiger partial charge in [-0.15, -0.1) is 0 Å². The zero-order chi connectivity index (χ0) is 14.5. The Balaban J connectivity index is 2.24. The van der Waals surface area contributed by atoms with Crippen LogP contribution in [0.4, 0.5) is 5.69 Å². The van der Waals surface area contributed by atoms with Crippen molar-refractivity contribution >= 4 is 17.3 Å². The molecular weight excluding hydrogens is 274 g/mol. The molecule has 1 unspecified atom stereocenters. The molecule has 0 bridgehead atoms. The lowest BCUT2D eigenvalue weighted by atomic mass is 10.1. The van der Waals surface area contributed by atoms with Gasteiger partial charge in [0.25, 0.3) is 0 Å². The Morgan fingerprint density at radius 1 is 1.25 bits per heavy atom. The number of ether oxygens (including phenoxy) is 1. The lowest BCUT2D eigenvalue weighted by Crippen LogP contribution is -2.15. The molecule has 4 heteroatoms. The monoisotopic (exact) mass is 291 g/mol. The maximum Gasteiger partial charge on any atom is 0.137 e. The van der Waals surface area contributed by atoms with Crippen molar-refractivity contribution in [3.8, 4) is 5.75 Å². The van der Waals surface area contributed by atoms with Crippen LogP contribution in [0.1, 0.15) is 17.2 Å². The molecule has 2 aromatic rings. The molecule has 2 aromatic carbocycles. The van der Waals surface area contributed by atoms with Crippen molar-refractivity contribution < 1.29 is 9.84 Å². The van der Waals surface area contributed by atoms with E-state index in [4.69, 9.17) is 16.3 Å². The standard InChI is InChI=1S/C16H18ClNO2/c1-11-5-3-4-6-14(11)18-15(10-19)12-7-8-16(20-2)13(17)9-12/h3-9,15,18-19H,10H2,1-2H3. The van der Waals surface area contributed by atoms with Gasteiger partial charge in [-0.2, -0.15) is 0 Å². The molecule has 0 radical (unpaired) electrons. The Morgan fingerprint density at radius 3 is 2.60 bits per heavy atom. The smallest absolute Gasteiger partial charge is 0.137 e. The number of hydrogen-bond donors (Lipinski definition) is 2. The number of benzene rings is 2. The van der Waals surface area contributed by atoms with E-state index in [1.807, 2.05) is 43.3 Å². The van der Waals surface area contributed by atoms with Crippen molar-refractivity contribution in [2.75, 3.05) is 19.0 Å². The lowest BCUT2D eigenvalue weighted by Gasteiger charge is -2.20. The van der Waals surface area contributed by atoms with Crippen molar-refractivity contribution in [1.82, 2.24) is 0 Å². The number of para-hydroxylation sites is 1. The van der Waals surface area contributed by atoms with Crippen LogP contribution in [0.15, 0.2) is 42.5 Å². The summed E-state index contributed by atoms with van der Waals surface area (Å²) in [5.41, 5.74) is 3.05. The number of anilines is 1. The van der Waals surface area contributed by atoms with E-state index >= 15 is 0 Å². The van der Waals surface area contributed by atoms with Crippen molar-refractivity contribution in [2.45, 2.75) is 13.0 Å². The number of hydrogen-bond acceptors (Lipinski definition) is 3. The summed E-state index contributed by atoms with van der Waals surface area (Å²) in [6, 6.07) is 13.3. The number of methoxy groups -OCH3 is 1. The number of aryl methyl sites for hydroxylation is 1. The van der Waals surface area contributed by atoms with E-state index in [1.165, 1.54) is 0 Å². The van der Waals surface area contributed by atoms with E-state index in [-0.39, 0.29) is 12.6 Å². The summed E-state index contributed by atoms with van der Waals surface area (Å²) in [5, 5.41) is 13.5. The molecule has 1 atom stereocenters. The van der Waals surface area contributed by atoms with Crippen LogP contribution in [0, 0.1) is 6.92 Å². The molecule has 20 heavy (non-hydrogen) atoms.